The molecule has 0 saturated carbocycles. The number of aliphatic hydroxyl groups is 4. The highest BCUT2D eigenvalue weighted by Gasteiger charge is 2.53. The van der Waals surface area contributed by atoms with Crippen LogP contribution in [0, 0.1) is 35.0 Å². The zero-order valence-electron chi connectivity index (χ0n) is 34.1. The molecule has 3 aliphatic rings. The molecule has 0 aromatic carbocycles. The van der Waals surface area contributed by atoms with Gasteiger partial charge in [-0.05, 0) is 77.3 Å². The lowest BCUT2D eigenvalue weighted by molar-refractivity contribution is -0.308. The molecule has 13 heteroatoms. The third kappa shape index (κ3) is 9.62. The van der Waals surface area contributed by atoms with E-state index in [4.69, 9.17) is 35.8 Å². The Morgan fingerprint density at radius 2 is 1.60 bits per heavy atom. The van der Waals surface area contributed by atoms with Crippen molar-refractivity contribution in [2.45, 2.75) is 181 Å². The van der Waals surface area contributed by atoms with Crippen LogP contribution in [-0.2, 0) is 37.5 Å². The lowest BCUT2D eigenvalue weighted by Gasteiger charge is -2.48. The van der Waals surface area contributed by atoms with Gasteiger partial charge in [0, 0.05) is 31.8 Å². The zero-order chi connectivity index (χ0) is 39.5. The fraction of sp³-hybridized carbons (Fsp3) is 0.946. The molecule has 0 spiro atoms. The molecule has 0 aliphatic carbocycles. The molecular weight excluding hydrogens is 668 g/mol. The molecule has 4 N–H and O–H groups in total. The highest BCUT2D eigenvalue weighted by atomic mass is 32.2. The Labute approximate surface area is 306 Å². The normalized spacial score (nSPS) is 49.0. The second-order valence-corrected chi connectivity index (χ2v) is 17.0. The molecule has 3 rings (SSSR count). The lowest BCUT2D eigenvalue weighted by atomic mass is 9.74. The Kier molecular flexibility index (Phi) is 13.8. The molecule has 0 radical (unpaired) electrons. The number of ether oxygens (including phenoxy) is 5. The fourth-order valence-electron chi connectivity index (χ4n) is 8.40. The number of hydrogen-bond donors (Lipinski definition) is 4. The second-order valence-electron chi connectivity index (χ2n) is 16.6. The Bertz CT molecular complexity index is 1180. The number of hydrogen-bond acceptors (Lipinski definition) is 13. The molecule has 0 amide bonds. The van der Waals surface area contributed by atoms with Gasteiger partial charge in [-0.2, -0.15) is 0 Å². The summed E-state index contributed by atoms with van der Waals surface area (Å²) in [6.45, 7) is 20.9. The van der Waals surface area contributed by atoms with Crippen LogP contribution in [0.25, 0.3) is 0 Å². The number of Topliss-reactive ketones (excluding diaryl/α,β-unsaturated/α-hetero) is 1. The minimum absolute atomic E-state index is 0.0272. The van der Waals surface area contributed by atoms with Crippen molar-refractivity contribution in [1.82, 2.24) is 0 Å². The highest BCUT2D eigenvalue weighted by Crippen LogP contribution is 2.42. The Hall–Kier alpha value is -0.870. The molecule has 3 aliphatic heterocycles. The third-order valence-corrected chi connectivity index (χ3v) is 11.8. The molecule has 0 bridgehead atoms. The molecule has 50 heavy (non-hydrogen) atoms. The van der Waals surface area contributed by atoms with Gasteiger partial charge in [0.1, 0.15) is 23.6 Å². The number of ketones is 1. The van der Waals surface area contributed by atoms with E-state index < -0.39 is 102 Å². The quantitative estimate of drug-likeness (QED) is 0.204. The van der Waals surface area contributed by atoms with Crippen LogP contribution in [0.5, 0.6) is 0 Å². The number of cyclic esters (lactones) is 1. The van der Waals surface area contributed by atoms with Gasteiger partial charge in [0.25, 0.3) is 0 Å². The summed E-state index contributed by atoms with van der Waals surface area (Å²) in [6.07, 6.45) is -7.61. The van der Waals surface area contributed by atoms with Gasteiger partial charge >= 0.3 is 5.97 Å². The minimum atomic E-state index is -1.98. The van der Waals surface area contributed by atoms with Gasteiger partial charge in [0.2, 0.25) is 1.43 Å². The first kappa shape index (κ1) is 40.3. The molecule has 2 unspecified atom stereocenters. The van der Waals surface area contributed by atoms with Gasteiger partial charge in [-0.15, -0.1) is 0 Å². The van der Waals surface area contributed by atoms with E-state index in [1.54, 1.807) is 41.5 Å². The maximum atomic E-state index is 14.1. The molecule has 0 aromatic rings. The predicted molar refractivity (Wildman–Crippen MR) is 189 cm³/mol. The Morgan fingerprint density at radius 3 is 2.18 bits per heavy atom. The summed E-state index contributed by atoms with van der Waals surface area (Å²) >= 11 is 0.968. The van der Waals surface area contributed by atoms with Crippen molar-refractivity contribution in [3.05, 3.63) is 0 Å². The van der Waals surface area contributed by atoms with E-state index in [-0.39, 0.29) is 36.9 Å². The molecule has 292 valence electrons. The molecule has 17 atom stereocenters. The van der Waals surface area contributed by atoms with E-state index >= 15 is 0 Å². The van der Waals surface area contributed by atoms with E-state index in [2.05, 4.69) is 0 Å². The first-order valence-corrected chi connectivity index (χ1v) is 19.1. The maximum Gasteiger partial charge on any atom is 0.311 e. The van der Waals surface area contributed by atoms with Crippen LogP contribution < -0.4 is 0 Å². The summed E-state index contributed by atoms with van der Waals surface area (Å²) in [6, 6.07) is 0. The van der Waals surface area contributed by atoms with Crippen molar-refractivity contribution in [3.63, 3.8) is 0 Å². The Balaban J connectivity index is 2.18. The van der Waals surface area contributed by atoms with Gasteiger partial charge in [-0.3, -0.25) is 9.59 Å². The average Bonchev–Trinajstić information content (AvgIpc) is 3.04. The summed E-state index contributed by atoms with van der Waals surface area (Å²) in [7, 11) is 0. The van der Waals surface area contributed by atoms with Crippen molar-refractivity contribution >= 4 is 23.8 Å². The van der Waals surface area contributed by atoms with Crippen molar-refractivity contribution in [2.75, 3.05) is 6.23 Å². The van der Waals surface area contributed by atoms with Crippen molar-refractivity contribution in [3.8, 4) is 0 Å². The predicted octanol–water partition coefficient (Wildman–Crippen LogP) is 4.41. The monoisotopic (exact) mass is 738 g/mol. The minimum Gasteiger partial charge on any atom is -0.459 e. The highest BCUT2D eigenvalue weighted by molar-refractivity contribution is 7.93. The van der Waals surface area contributed by atoms with E-state index in [0.29, 0.717) is 12.8 Å². The van der Waals surface area contributed by atoms with E-state index in [0.717, 1.165) is 12.0 Å². The molecule has 0 aromatic heterocycles. The molecule has 3 saturated heterocycles. The molecule has 3 fully saturated rings. The molecule has 3 heterocycles. The van der Waals surface area contributed by atoms with Gasteiger partial charge in [-0.25, -0.2) is 0 Å². The summed E-state index contributed by atoms with van der Waals surface area (Å²) in [5.41, 5.74) is -4.27. The summed E-state index contributed by atoms with van der Waals surface area (Å²) in [5, 5.41) is 40.5. The van der Waals surface area contributed by atoms with Crippen molar-refractivity contribution < 1.29 is 59.3 Å². The maximum absolute atomic E-state index is 14.1. The number of esters is 1. The summed E-state index contributed by atoms with van der Waals surface area (Å²) in [4.78, 5) is 28.0. The first-order valence-electron chi connectivity index (χ1n) is 19.3. The number of rotatable bonds is 8. The van der Waals surface area contributed by atoms with Gasteiger partial charge in [0.05, 0.1) is 48.1 Å². The first-order chi connectivity index (χ1) is 24.0. The Morgan fingerprint density at radius 1 is 0.940 bits per heavy atom. The van der Waals surface area contributed by atoms with Crippen LogP contribution in [-0.4, -0.2) is 112 Å². The number of carbonyl (C=O) groups excluding carboxylic acids is 2. The van der Waals surface area contributed by atoms with Crippen molar-refractivity contribution in [2.24, 2.45) is 35.0 Å². The van der Waals surface area contributed by atoms with Crippen LogP contribution in [0.15, 0.2) is 0 Å². The average molecular weight is 739 g/mol. The van der Waals surface area contributed by atoms with Crippen molar-refractivity contribution in [1.29, 1.82) is 1.43 Å². The second kappa shape index (κ2) is 17.1. The molecular formula is C37H66O12S. The van der Waals surface area contributed by atoms with Crippen LogP contribution in [0.1, 0.15) is 110 Å². The van der Waals surface area contributed by atoms with Gasteiger partial charge in [0.15, 0.2) is 12.6 Å². The largest absolute Gasteiger partial charge is 0.459 e. The van der Waals surface area contributed by atoms with Crippen LogP contribution in [0.4, 0.5) is 0 Å². The lowest BCUT2D eigenvalue weighted by Crippen LogP contribution is -2.59. The van der Waals surface area contributed by atoms with Crippen LogP contribution in [0.2, 0.25) is 0 Å². The van der Waals surface area contributed by atoms with Gasteiger partial charge < -0.3 is 48.3 Å². The molecule has 12 nitrogen and oxygen atoms in total. The van der Waals surface area contributed by atoms with E-state index in [1.807, 2.05) is 27.7 Å². The standard InChI is InChI=1S/C37H66O12S/c1-14-25-37(12,43)30(39)21(5)27(38)19(3)16-36(11,42)32(48-34-28(49-50-13)18(2)15-20(4)44-34)22(6)29(23(7)33(41)46-25)47-26-17-35(9,10)31(40)24(8)45-26/h18-26,28-32,34,39-40,42-43H,14-17H2,1-13H3/t18-,19+,20+,21-,22-,23+,24-,25+,26?,28+,29-,30+,31-,32+,34?,36-,37+/m0/s1/i13T,40T. The summed E-state index contributed by atoms with van der Waals surface area (Å²) in [5.74, 6) is -4.78. The third-order valence-electron chi connectivity index (χ3n) is 11.4. The number of aliphatic hydroxyl groups excluding tert-OH is 2. The fourth-order valence-corrected chi connectivity index (χ4v) is 8.84. The smallest absolute Gasteiger partial charge is 0.311 e. The topological polar surface area (TPSA) is 170 Å². The number of carbonyl (C=O) groups is 2. The van der Waals surface area contributed by atoms with Crippen LogP contribution in [0.3, 0.4) is 0 Å². The zero-order valence-corrected chi connectivity index (χ0v) is 32.9. The SMILES string of the molecule is [3H]CSO[C@H]1C(O[C@@H]2[C@@H](C)[C@H](OC3CC(C)(C)[C@@H](O[3H])[C@H](C)O3)[C@@H](C)C(=O)O[C@H](CC)[C@@](C)(O)[C@H](O)[C@@H](C)C(=O)[C@H](C)C[C@]2(C)O)O[C@H](C)C[C@@H]1C. The van der Waals surface area contributed by atoms with E-state index in [1.165, 1.54) is 13.8 Å². The van der Waals surface area contributed by atoms with Crippen LogP contribution >= 0.6 is 12.0 Å². The summed E-state index contributed by atoms with van der Waals surface area (Å²) < 4.78 is 53.3. The van der Waals surface area contributed by atoms with Gasteiger partial charge in [-0.1, -0.05) is 48.5 Å². The van der Waals surface area contributed by atoms with E-state index in [9.17, 15) is 24.9 Å².